The Morgan fingerprint density at radius 3 is 2.25 bits per heavy atom. The lowest BCUT2D eigenvalue weighted by Crippen LogP contribution is -2.36. The van der Waals surface area contributed by atoms with Crippen LogP contribution in [0.15, 0.2) is 24.3 Å². The molecule has 5 nitrogen and oxygen atoms in total. The van der Waals surface area contributed by atoms with Crippen LogP contribution in [0.2, 0.25) is 0 Å². The van der Waals surface area contributed by atoms with Crippen LogP contribution in [0.3, 0.4) is 0 Å². The van der Waals surface area contributed by atoms with Crippen LogP contribution in [0.1, 0.15) is 20.8 Å². The number of hydrogen-bond donors (Lipinski definition) is 3. The molecule has 1 saturated heterocycles. The zero-order valence-corrected chi connectivity index (χ0v) is 12.4. The molecule has 110 valence electrons. The van der Waals surface area contributed by atoms with Crippen molar-refractivity contribution in [3.8, 4) is 5.75 Å². The molecule has 0 radical (unpaired) electrons. The molecule has 5 heteroatoms. The summed E-state index contributed by atoms with van der Waals surface area (Å²) in [6.45, 7) is 6.17. The highest BCUT2D eigenvalue weighted by molar-refractivity contribution is 5.92. The van der Waals surface area contributed by atoms with Gasteiger partial charge in [-0.2, -0.15) is 0 Å². The van der Waals surface area contributed by atoms with Crippen LogP contribution in [0.5, 0.6) is 5.75 Å². The number of hydrogen-bond acceptors (Lipinski definition) is 4. The van der Waals surface area contributed by atoms with E-state index in [4.69, 9.17) is 4.74 Å². The van der Waals surface area contributed by atoms with Crippen molar-refractivity contribution in [1.29, 1.82) is 0 Å². The third kappa shape index (κ3) is 3.11. The number of anilines is 1. The van der Waals surface area contributed by atoms with Gasteiger partial charge in [-0.3, -0.25) is 15.6 Å². The second kappa shape index (κ2) is 6.24. The van der Waals surface area contributed by atoms with Crippen LogP contribution >= 0.6 is 0 Å². The summed E-state index contributed by atoms with van der Waals surface area (Å²) >= 11 is 0. The van der Waals surface area contributed by atoms with Crippen molar-refractivity contribution in [3.05, 3.63) is 24.3 Å². The van der Waals surface area contributed by atoms with Crippen LogP contribution in [-0.2, 0) is 4.79 Å². The summed E-state index contributed by atoms with van der Waals surface area (Å²) in [6, 6.07) is 7.93. The third-order valence-electron chi connectivity index (χ3n) is 4.04. The maximum absolute atomic E-state index is 12.3. The maximum Gasteiger partial charge on any atom is 0.227 e. The molecule has 2 rings (SSSR count). The van der Waals surface area contributed by atoms with Gasteiger partial charge in [0.15, 0.2) is 0 Å². The lowest BCUT2D eigenvalue weighted by molar-refractivity contribution is -0.121. The van der Waals surface area contributed by atoms with Crippen molar-refractivity contribution in [2.45, 2.75) is 32.9 Å². The van der Waals surface area contributed by atoms with E-state index >= 15 is 0 Å². The molecule has 20 heavy (non-hydrogen) atoms. The van der Waals surface area contributed by atoms with Gasteiger partial charge >= 0.3 is 0 Å². The molecule has 1 aliphatic rings. The second-order valence-electron chi connectivity index (χ2n) is 5.45. The van der Waals surface area contributed by atoms with Gasteiger partial charge in [0, 0.05) is 29.6 Å². The normalized spacial score (nSPS) is 27.1. The molecule has 1 heterocycles. The minimum absolute atomic E-state index is 0.0457. The third-order valence-corrected chi connectivity index (χ3v) is 4.04. The number of hydrazine groups is 1. The molecule has 1 fully saturated rings. The highest BCUT2D eigenvalue weighted by Crippen LogP contribution is 2.25. The minimum Gasteiger partial charge on any atom is -0.497 e. The molecule has 1 aromatic rings. The van der Waals surface area contributed by atoms with Gasteiger partial charge in [-0.05, 0) is 38.1 Å². The molecule has 3 N–H and O–H groups in total. The Bertz CT molecular complexity index is 451. The van der Waals surface area contributed by atoms with Gasteiger partial charge in [-0.15, -0.1) is 0 Å². The predicted octanol–water partition coefficient (Wildman–Crippen LogP) is 1.77. The Morgan fingerprint density at radius 2 is 1.75 bits per heavy atom. The summed E-state index contributed by atoms with van der Waals surface area (Å²) in [5.74, 6) is 1.03. The van der Waals surface area contributed by atoms with Crippen molar-refractivity contribution < 1.29 is 9.53 Å². The molecule has 3 unspecified atom stereocenters. The van der Waals surface area contributed by atoms with Crippen molar-refractivity contribution in [2.75, 3.05) is 12.4 Å². The second-order valence-corrected chi connectivity index (χ2v) is 5.45. The fraction of sp³-hybridized carbons (Fsp3) is 0.533. The van der Waals surface area contributed by atoms with E-state index in [0.717, 1.165) is 11.4 Å². The van der Waals surface area contributed by atoms with Gasteiger partial charge in [0.25, 0.3) is 0 Å². The lowest BCUT2D eigenvalue weighted by atomic mass is 9.84. The lowest BCUT2D eigenvalue weighted by Gasteiger charge is -2.24. The Hall–Kier alpha value is -1.59. The van der Waals surface area contributed by atoms with Crippen LogP contribution in [-0.4, -0.2) is 25.1 Å². The highest BCUT2D eigenvalue weighted by atomic mass is 16.5. The molecule has 3 atom stereocenters. The summed E-state index contributed by atoms with van der Waals surface area (Å²) in [6.07, 6.45) is 0. The molecule has 1 amide bonds. The standard InChI is InChI=1S/C15H23N3O2/c1-9(14-10(2)17-18-11(14)3)15(19)16-12-5-7-13(20-4)8-6-12/h5-11,14,17-18H,1-4H3,(H,16,19). The first-order chi connectivity index (χ1) is 9.52. The Morgan fingerprint density at radius 1 is 1.20 bits per heavy atom. The van der Waals surface area contributed by atoms with Crippen LogP contribution < -0.4 is 20.9 Å². The number of nitrogens with one attached hydrogen (secondary N) is 3. The Labute approximate surface area is 120 Å². The van der Waals surface area contributed by atoms with Gasteiger partial charge in [0.2, 0.25) is 5.91 Å². The van der Waals surface area contributed by atoms with E-state index in [1.54, 1.807) is 7.11 Å². The Balaban J connectivity index is 1.99. The van der Waals surface area contributed by atoms with Gasteiger partial charge < -0.3 is 10.1 Å². The van der Waals surface area contributed by atoms with Crippen molar-refractivity contribution in [3.63, 3.8) is 0 Å². The summed E-state index contributed by atoms with van der Waals surface area (Å²) in [5.41, 5.74) is 7.17. The van der Waals surface area contributed by atoms with E-state index in [1.165, 1.54) is 0 Å². The first-order valence-corrected chi connectivity index (χ1v) is 6.99. The number of rotatable bonds is 4. The number of amides is 1. The van der Waals surface area contributed by atoms with Crippen LogP contribution in [0.25, 0.3) is 0 Å². The molecule has 0 aliphatic carbocycles. The van der Waals surface area contributed by atoms with E-state index in [9.17, 15) is 4.79 Å². The van der Waals surface area contributed by atoms with Gasteiger partial charge in [0.1, 0.15) is 5.75 Å². The SMILES string of the molecule is COc1ccc(NC(=O)C(C)C2C(C)NNC2C)cc1. The number of methoxy groups -OCH3 is 1. The summed E-state index contributed by atoms with van der Waals surface area (Å²) < 4.78 is 5.10. The monoisotopic (exact) mass is 277 g/mol. The first kappa shape index (κ1) is 14.8. The summed E-state index contributed by atoms with van der Waals surface area (Å²) in [5, 5.41) is 2.96. The molecular weight excluding hydrogens is 254 g/mol. The number of benzene rings is 1. The molecule has 1 aromatic carbocycles. The smallest absolute Gasteiger partial charge is 0.227 e. The van der Waals surface area contributed by atoms with Crippen LogP contribution in [0.4, 0.5) is 5.69 Å². The van der Waals surface area contributed by atoms with E-state index in [-0.39, 0.29) is 29.8 Å². The average Bonchev–Trinajstić information content (AvgIpc) is 2.78. The van der Waals surface area contributed by atoms with Gasteiger partial charge in [-0.1, -0.05) is 6.92 Å². The largest absolute Gasteiger partial charge is 0.497 e. The van der Waals surface area contributed by atoms with Gasteiger partial charge in [-0.25, -0.2) is 0 Å². The van der Waals surface area contributed by atoms with Crippen molar-refractivity contribution in [2.24, 2.45) is 11.8 Å². The molecule has 1 aliphatic heterocycles. The number of carbonyl (C=O) groups excluding carboxylic acids is 1. The van der Waals surface area contributed by atoms with Crippen molar-refractivity contribution >= 4 is 11.6 Å². The number of ether oxygens (including phenoxy) is 1. The zero-order valence-electron chi connectivity index (χ0n) is 12.4. The topological polar surface area (TPSA) is 62.4 Å². The minimum atomic E-state index is -0.0652. The van der Waals surface area contributed by atoms with E-state index < -0.39 is 0 Å². The van der Waals surface area contributed by atoms with E-state index in [1.807, 2.05) is 31.2 Å². The summed E-state index contributed by atoms with van der Waals surface area (Å²) in [4.78, 5) is 12.3. The molecule has 0 spiro atoms. The predicted molar refractivity (Wildman–Crippen MR) is 79.5 cm³/mol. The van der Waals surface area contributed by atoms with Crippen LogP contribution in [0, 0.1) is 11.8 Å². The summed E-state index contributed by atoms with van der Waals surface area (Å²) in [7, 11) is 1.62. The molecule has 0 saturated carbocycles. The highest BCUT2D eigenvalue weighted by Gasteiger charge is 2.37. The Kier molecular flexibility index (Phi) is 4.62. The van der Waals surface area contributed by atoms with E-state index in [0.29, 0.717) is 0 Å². The number of carbonyl (C=O) groups is 1. The first-order valence-electron chi connectivity index (χ1n) is 6.99. The van der Waals surface area contributed by atoms with Crippen molar-refractivity contribution in [1.82, 2.24) is 10.9 Å². The fourth-order valence-electron chi connectivity index (χ4n) is 2.86. The van der Waals surface area contributed by atoms with E-state index in [2.05, 4.69) is 30.0 Å². The maximum atomic E-state index is 12.3. The molecule has 0 aromatic heterocycles. The fourth-order valence-corrected chi connectivity index (χ4v) is 2.86. The molecule has 0 bridgehead atoms. The molecular formula is C15H23N3O2. The zero-order chi connectivity index (χ0) is 14.7. The van der Waals surface area contributed by atoms with Gasteiger partial charge in [0.05, 0.1) is 7.11 Å². The quantitative estimate of drug-likeness (QED) is 0.785. The average molecular weight is 277 g/mol.